The van der Waals surface area contributed by atoms with Gasteiger partial charge in [-0.3, -0.25) is 9.69 Å². The Morgan fingerprint density at radius 3 is 2.84 bits per heavy atom. The minimum atomic E-state index is -4.53. The molecule has 0 radical (unpaired) electrons. The van der Waals surface area contributed by atoms with Gasteiger partial charge in [-0.2, -0.15) is 13.2 Å². The summed E-state index contributed by atoms with van der Waals surface area (Å²) in [5, 5.41) is 0.418. The highest BCUT2D eigenvalue weighted by molar-refractivity contribution is 7.22. The summed E-state index contributed by atoms with van der Waals surface area (Å²) in [7, 11) is 0. The Morgan fingerprint density at radius 2 is 2.13 bits per heavy atom. The Labute approximate surface area is 181 Å². The average Bonchev–Trinajstić information content (AvgIpc) is 3.40. The zero-order valence-electron chi connectivity index (χ0n) is 16.8. The molecule has 31 heavy (non-hydrogen) atoms. The lowest BCUT2D eigenvalue weighted by Gasteiger charge is -2.23. The number of benzene rings is 2. The molecule has 1 saturated heterocycles. The minimum Gasteiger partial charge on any atom is -0.494 e. The van der Waals surface area contributed by atoms with Gasteiger partial charge in [-0.25, -0.2) is 4.98 Å². The number of ether oxygens (including phenoxy) is 2. The van der Waals surface area contributed by atoms with Crippen molar-refractivity contribution in [2.45, 2.75) is 32.0 Å². The van der Waals surface area contributed by atoms with E-state index in [0.717, 1.165) is 29.7 Å². The second kappa shape index (κ2) is 8.84. The first-order valence-corrected chi connectivity index (χ1v) is 10.8. The summed E-state index contributed by atoms with van der Waals surface area (Å²) in [5.74, 6) is 0.158. The highest BCUT2D eigenvalue weighted by atomic mass is 32.1. The highest BCUT2D eigenvalue weighted by Gasteiger charge is 2.32. The fourth-order valence-electron chi connectivity index (χ4n) is 3.49. The molecule has 1 aliphatic rings. The van der Waals surface area contributed by atoms with Crippen LogP contribution in [-0.4, -0.2) is 36.8 Å². The molecule has 5 nitrogen and oxygen atoms in total. The lowest BCUT2D eigenvalue weighted by Crippen LogP contribution is -2.37. The Morgan fingerprint density at radius 1 is 1.29 bits per heavy atom. The first-order chi connectivity index (χ1) is 14.8. The van der Waals surface area contributed by atoms with Crippen LogP contribution in [0.3, 0.4) is 0 Å². The van der Waals surface area contributed by atoms with Crippen LogP contribution in [0.1, 0.15) is 35.7 Å². The Hall–Kier alpha value is -2.65. The van der Waals surface area contributed by atoms with E-state index in [1.165, 1.54) is 28.4 Å². The maximum Gasteiger partial charge on any atom is 0.416 e. The first-order valence-electron chi connectivity index (χ1n) is 9.99. The number of halogens is 3. The van der Waals surface area contributed by atoms with E-state index < -0.39 is 17.6 Å². The van der Waals surface area contributed by atoms with Crippen molar-refractivity contribution in [1.82, 2.24) is 4.98 Å². The van der Waals surface area contributed by atoms with E-state index in [1.807, 2.05) is 13.0 Å². The third kappa shape index (κ3) is 4.83. The average molecular weight is 450 g/mol. The summed E-state index contributed by atoms with van der Waals surface area (Å²) in [6.07, 6.45) is -3.04. The molecule has 164 valence electrons. The van der Waals surface area contributed by atoms with E-state index in [2.05, 4.69) is 4.98 Å². The molecule has 1 amide bonds. The molecular weight excluding hydrogens is 429 g/mol. The Bertz CT molecular complexity index is 1080. The largest absolute Gasteiger partial charge is 0.494 e. The molecule has 0 spiro atoms. The monoisotopic (exact) mass is 450 g/mol. The molecule has 1 fully saturated rings. The second-order valence-electron chi connectivity index (χ2n) is 7.19. The van der Waals surface area contributed by atoms with Crippen LogP contribution in [0.15, 0.2) is 42.5 Å². The van der Waals surface area contributed by atoms with Gasteiger partial charge in [-0.15, -0.1) is 0 Å². The fourth-order valence-corrected chi connectivity index (χ4v) is 4.49. The minimum absolute atomic E-state index is 0.0397. The molecule has 2 aromatic carbocycles. The number of alkyl halides is 3. The summed E-state index contributed by atoms with van der Waals surface area (Å²) in [6, 6.07) is 9.92. The standard InChI is InChI=1S/C22H21F3N2O3S/c1-2-29-16-8-9-18-19(12-16)31-21(26-18)27(13-17-7-4-10-30-17)20(28)14-5-3-6-15(11-14)22(23,24)25/h3,5-6,8-9,11-12,17H,2,4,7,10,13H2,1H3. The van der Waals surface area contributed by atoms with Crippen molar-refractivity contribution in [2.75, 3.05) is 24.7 Å². The van der Waals surface area contributed by atoms with Gasteiger partial charge in [0.15, 0.2) is 5.13 Å². The number of anilines is 1. The molecule has 1 aliphatic heterocycles. The maximum absolute atomic E-state index is 13.3. The molecule has 0 N–H and O–H groups in total. The number of amides is 1. The number of nitrogens with zero attached hydrogens (tertiary/aromatic N) is 2. The second-order valence-corrected chi connectivity index (χ2v) is 8.20. The van der Waals surface area contributed by atoms with Crippen LogP contribution in [0.5, 0.6) is 5.75 Å². The smallest absolute Gasteiger partial charge is 0.416 e. The predicted molar refractivity (Wildman–Crippen MR) is 113 cm³/mol. The van der Waals surface area contributed by atoms with Crippen molar-refractivity contribution in [3.63, 3.8) is 0 Å². The van der Waals surface area contributed by atoms with Crippen molar-refractivity contribution in [3.8, 4) is 5.75 Å². The number of thiazole rings is 1. The van der Waals surface area contributed by atoms with Crippen LogP contribution in [0.2, 0.25) is 0 Å². The van der Waals surface area contributed by atoms with Crippen LogP contribution in [-0.2, 0) is 10.9 Å². The van der Waals surface area contributed by atoms with Crippen LogP contribution in [0.4, 0.5) is 18.3 Å². The summed E-state index contributed by atoms with van der Waals surface area (Å²) < 4.78 is 51.5. The molecule has 0 aliphatic carbocycles. The molecular formula is C22H21F3N2O3S. The Kier molecular flexibility index (Phi) is 6.15. The lowest BCUT2D eigenvalue weighted by atomic mass is 10.1. The predicted octanol–water partition coefficient (Wildman–Crippen LogP) is 5.54. The molecule has 0 bridgehead atoms. The highest BCUT2D eigenvalue weighted by Crippen LogP contribution is 2.34. The number of carbonyl (C=O) groups excluding carboxylic acids is 1. The van der Waals surface area contributed by atoms with E-state index in [4.69, 9.17) is 9.47 Å². The third-order valence-electron chi connectivity index (χ3n) is 4.98. The summed E-state index contributed by atoms with van der Waals surface area (Å²) in [5.41, 5.74) is -0.208. The quantitative estimate of drug-likeness (QED) is 0.495. The molecule has 9 heteroatoms. The molecule has 2 heterocycles. The number of rotatable bonds is 6. The molecule has 4 rings (SSSR count). The van der Waals surface area contributed by atoms with Gasteiger partial charge >= 0.3 is 6.18 Å². The number of hydrogen-bond donors (Lipinski definition) is 0. The summed E-state index contributed by atoms with van der Waals surface area (Å²) in [4.78, 5) is 19.3. The fraction of sp³-hybridized carbons (Fsp3) is 0.364. The van der Waals surface area contributed by atoms with Crippen LogP contribution >= 0.6 is 11.3 Å². The van der Waals surface area contributed by atoms with Gasteiger partial charge in [0.05, 0.1) is 35.0 Å². The van der Waals surface area contributed by atoms with E-state index in [1.54, 1.807) is 12.1 Å². The summed E-state index contributed by atoms with van der Waals surface area (Å²) in [6.45, 7) is 3.25. The number of aromatic nitrogens is 1. The van der Waals surface area contributed by atoms with Crippen molar-refractivity contribution in [2.24, 2.45) is 0 Å². The van der Waals surface area contributed by atoms with Crippen molar-refractivity contribution < 1.29 is 27.4 Å². The van der Waals surface area contributed by atoms with Crippen molar-refractivity contribution in [3.05, 3.63) is 53.6 Å². The van der Waals surface area contributed by atoms with E-state index >= 15 is 0 Å². The van der Waals surface area contributed by atoms with Crippen LogP contribution in [0, 0.1) is 0 Å². The zero-order valence-corrected chi connectivity index (χ0v) is 17.6. The number of carbonyl (C=O) groups is 1. The number of fused-ring (bicyclic) bond motifs is 1. The molecule has 3 aromatic rings. The normalized spacial score (nSPS) is 16.6. The van der Waals surface area contributed by atoms with Gasteiger partial charge in [0, 0.05) is 12.2 Å². The molecule has 1 atom stereocenters. The lowest BCUT2D eigenvalue weighted by molar-refractivity contribution is -0.137. The topological polar surface area (TPSA) is 51.7 Å². The summed E-state index contributed by atoms with van der Waals surface area (Å²) >= 11 is 1.30. The SMILES string of the molecule is CCOc1ccc2nc(N(CC3CCCO3)C(=O)c3cccc(C(F)(F)F)c3)sc2c1. The van der Waals surface area contributed by atoms with Gasteiger partial charge in [0.1, 0.15) is 5.75 Å². The number of hydrogen-bond acceptors (Lipinski definition) is 5. The molecule has 1 unspecified atom stereocenters. The van der Waals surface area contributed by atoms with Gasteiger partial charge in [-0.1, -0.05) is 17.4 Å². The third-order valence-corrected chi connectivity index (χ3v) is 6.02. The van der Waals surface area contributed by atoms with Crippen molar-refractivity contribution >= 4 is 32.6 Å². The molecule has 1 aromatic heterocycles. The first kappa shape index (κ1) is 21.6. The van der Waals surface area contributed by atoms with Gasteiger partial charge < -0.3 is 9.47 Å². The zero-order chi connectivity index (χ0) is 22.0. The van der Waals surface area contributed by atoms with Gasteiger partial charge in [0.25, 0.3) is 5.91 Å². The van der Waals surface area contributed by atoms with E-state index in [0.29, 0.717) is 29.6 Å². The van der Waals surface area contributed by atoms with Crippen LogP contribution in [0.25, 0.3) is 10.2 Å². The van der Waals surface area contributed by atoms with Gasteiger partial charge in [-0.05, 0) is 56.2 Å². The van der Waals surface area contributed by atoms with Crippen LogP contribution < -0.4 is 9.64 Å². The Balaban J connectivity index is 1.70. The maximum atomic E-state index is 13.3. The van der Waals surface area contributed by atoms with E-state index in [9.17, 15) is 18.0 Å². The van der Waals surface area contributed by atoms with Crippen molar-refractivity contribution in [1.29, 1.82) is 0 Å². The van der Waals surface area contributed by atoms with E-state index in [-0.39, 0.29) is 18.2 Å². The van der Waals surface area contributed by atoms with Gasteiger partial charge in [0.2, 0.25) is 0 Å². The molecule has 0 saturated carbocycles.